The van der Waals surface area contributed by atoms with Gasteiger partial charge < -0.3 is 20.6 Å². The average molecular weight is 823 g/mol. The molecule has 6 aromatic rings. The van der Waals surface area contributed by atoms with E-state index in [1.807, 2.05) is 44.2 Å². The summed E-state index contributed by atoms with van der Waals surface area (Å²) in [5.41, 5.74) is -0.891. The SMILES string of the molecule is CCCCNc1nc(Nc2cc(S(=O)(=O)O)cc3cc(S(=O)(=O)O)c(N=Nc4ccc5ccccc5c4S(=O)(=O)O)c(O)c23)nc(N(CC)c2ccccc2)n1. The third-order valence-corrected chi connectivity index (χ3v) is 11.0. The zero-order valence-corrected chi connectivity index (χ0v) is 32.0. The Balaban J connectivity index is 1.58. The van der Waals surface area contributed by atoms with Crippen LogP contribution in [0, 0.1) is 0 Å². The predicted molar refractivity (Wildman–Crippen MR) is 209 cm³/mol. The molecular weight excluding hydrogens is 789 g/mol. The Hall–Kier alpha value is -5.84. The molecule has 0 atom stereocenters. The largest absolute Gasteiger partial charge is 0.505 e. The fourth-order valence-electron chi connectivity index (χ4n) is 5.85. The Morgan fingerprint density at radius 3 is 2.09 bits per heavy atom. The van der Waals surface area contributed by atoms with Gasteiger partial charge in [0, 0.05) is 29.5 Å². The molecule has 6 rings (SSSR count). The van der Waals surface area contributed by atoms with Crippen LogP contribution in [0.25, 0.3) is 21.5 Å². The van der Waals surface area contributed by atoms with Crippen LogP contribution in [0.1, 0.15) is 26.7 Å². The van der Waals surface area contributed by atoms with Crippen LogP contribution in [-0.4, -0.2) is 72.1 Å². The zero-order chi connectivity index (χ0) is 40.4. The molecular formula is C35H34N8O10S3. The number of aromatic nitrogens is 3. The summed E-state index contributed by atoms with van der Waals surface area (Å²) in [7, 11) is -15.2. The molecule has 5 aromatic carbocycles. The summed E-state index contributed by atoms with van der Waals surface area (Å²) in [4.78, 5) is 12.8. The van der Waals surface area contributed by atoms with E-state index in [2.05, 4.69) is 35.8 Å². The molecule has 1 aromatic heterocycles. The first kappa shape index (κ1) is 39.8. The van der Waals surface area contributed by atoms with Crippen LogP contribution in [0.4, 0.5) is 40.6 Å². The van der Waals surface area contributed by atoms with E-state index in [9.17, 15) is 44.0 Å². The molecule has 0 saturated carbocycles. The molecule has 0 bridgehead atoms. The third kappa shape index (κ3) is 8.51. The number of hydrogen-bond donors (Lipinski definition) is 6. The minimum atomic E-state index is -5.27. The second-order valence-electron chi connectivity index (χ2n) is 12.2. The van der Waals surface area contributed by atoms with Crippen LogP contribution in [0.5, 0.6) is 5.75 Å². The van der Waals surface area contributed by atoms with Gasteiger partial charge in [0.25, 0.3) is 30.4 Å². The minimum absolute atomic E-state index is 0.0580. The molecule has 292 valence electrons. The highest BCUT2D eigenvalue weighted by Crippen LogP contribution is 2.46. The number of aromatic hydroxyl groups is 1. The number of azo groups is 1. The second-order valence-corrected chi connectivity index (χ2v) is 16.3. The summed E-state index contributed by atoms with van der Waals surface area (Å²) in [5, 5.41) is 25.2. The molecule has 0 fully saturated rings. The van der Waals surface area contributed by atoms with Crippen molar-refractivity contribution in [2.45, 2.75) is 41.4 Å². The van der Waals surface area contributed by atoms with Gasteiger partial charge in [0.2, 0.25) is 17.8 Å². The molecule has 0 amide bonds. The van der Waals surface area contributed by atoms with Gasteiger partial charge in [-0.2, -0.15) is 40.2 Å². The van der Waals surface area contributed by atoms with Gasteiger partial charge in [-0.1, -0.05) is 61.9 Å². The van der Waals surface area contributed by atoms with Gasteiger partial charge in [0.1, 0.15) is 21.2 Å². The smallest absolute Gasteiger partial charge is 0.297 e. The maximum atomic E-state index is 12.7. The predicted octanol–water partition coefficient (Wildman–Crippen LogP) is 7.15. The Morgan fingerprint density at radius 1 is 0.732 bits per heavy atom. The van der Waals surface area contributed by atoms with E-state index in [1.165, 1.54) is 24.3 Å². The number of anilines is 5. The highest BCUT2D eigenvalue weighted by molar-refractivity contribution is 7.86. The molecule has 0 aliphatic carbocycles. The van der Waals surface area contributed by atoms with E-state index in [-0.39, 0.29) is 39.7 Å². The van der Waals surface area contributed by atoms with Crippen LogP contribution in [0.2, 0.25) is 0 Å². The summed E-state index contributed by atoms with van der Waals surface area (Å²) in [6.07, 6.45) is 1.63. The second kappa shape index (κ2) is 15.7. The zero-order valence-electron chi connectivity index (χ0n) is 29.6. The molecule has 0 aliphatic heterocycles. The fraction of sp³-hybridized carbons (Fsp3) is 0.171. The lowest BCUT2D eigenvalue weighted by atomic mass is 10.1. The van der Waals surface area contributed by atoms with E-state index in [4.69, 9.17) is 0 Å². The number of nitrogens with one attached hydrogen (secondary N) is 2. The fourth-order valence-corrected chi connectivity index (χ4v) is 7.89. The molecule has 1 heterocycles. The molecule has 0 spiro atoms. The van der Waals surface area contributed by atoms with Crippen LogP contribution in [0.15, 0.2) is 110 Å². The quantitative estimate of drug-likeness (QED) is 0.0361. The standard InChI is InChI=1S/C35H34N8O10S3/c1-3-5-17-36-33-38-34(40-35(39-33)43(4-2)23-12-7-6-8-13-23)37-27-20-24(54(45,46)47)18-22-19-28(55(48,49)50)30(31(44)29(22)27)42-41-26-16-15-21-11-9-10-14-25(21)32(26)56(51,52)53/h6-16,18-20,44H,3-5,17H2,1-2H3,(H,45,46,47)(H,48,49,50)(H,51,52,53)(H2,36,37,38,39,40). The number of benzene rings is 5. The lowest BCUT2D eigenvalue weighted by Crippen LogP contribution is -2.21. The normalized spacial score (nSPS) is 12.4. The summed E-state index contributed by atoms with van der Waals surface area (Å²) in [5.74, 6) is -0.851. The van der Waals surface area contributed by atoms with Gasteiger partial charge >= 0.3 is 0 Å². The summed E-state index contributed by atoms with van der Waals surface area (Å²) in [6, 6.07) is 20.5. The molecule has 0 aliphatic rings. The van der Waals surface area contributed by atoms with Gasteiger partial charge in [-0.15, -0.1) is 10.2 Å². The van der Waals surface area contributed by atoms with Crippen molar-refractivity contribution in [2.24, 2.45) is 10.2 Å². The van der Waals surface area contributed by atoms with E-state index >= 15 is 0 Å². The molecule has 0 saturated heterocycles. The third-order valence-electron chi connectivity index (χ3n) is 8.38. The van der Waals surface area contributed by atoms with Crippen molar-refractivity contribution in [3.05, 3.63) is 84.9 Å². The van der Waals surface area contributed by atoms with E-state index in [0.717, 1.165) is 36.7 Å². The molecule has 0 unspecified atom stereocenters. The number of fused-ring (bicyclic) bond motifs is 2. The summed E-state index contributed by atoms with van der Waals surface area (Å²) >= 11 is 0. The number of nitrogens with zero attached hydrogens (tertiary/aromatic N) is 6. The van der Waals surface area contributed by atoms with Crippen LogP contribution < -0.4 is 15.5 Å². The van der Waals surface area contributed by atoms with Gasteiger partial charge in [-0.05, 0) is 60.5 Å². The number of rotatable bonds is 14. The maximum Gasteiger partial charge on any atom is 0.297 e. The van der Waals surface area contributed by atoms with Gasteiger partial charge in [0.15, 0.2) is 5.75 Å². The van der Waals surface area contributed by atoms with Crippen molar-refractivity contribution in [1.29, 1.82) is 0 Å². The molecule has 18 nitrogen and oxygen atoms in total. The van der Waals surface area contributed by atoms with Crippen LogP contribution in [0.3, 0.4) is 0 Å². The average Bonchev–Trinajstić information content (AvgIpc) is 3.13. The van der Waals surface area contributed by atoms with Crippen LogP contribution in [-0.2, 0) is 30.4 Å². The number of unbranched alkanes of at least 4 members (excludes halogenated alkanes) is 1. The number of hydrogen-bond acceptors (Lipinski definition) is 15. The van der Waals surface area contributed by atoms with Crippen molar-refractivity contribution in [3.63, 3.8) is 0 Å². The molecule has 56 heavy (non-hydrogen) atoms. The summed E-state index contributed by atoms with van der Waals surface area (Å²) < 4.78 is 106. The highest BCUT2D eigenvalue weighted by Gasteiger charge is 2.27. The Labute approximate surface area is 321 Å². The van der Waals surface area contributed by atoms with Crippen molar-refractivity contribution < 1.29 is 44.0 Å². The van der Waals surface area contributed by atoms with Crippen molar-refractivity contribution in [3.8, 4) is 5.75 Å². The van der Waals surface area contributed by atoms with E-state index < -0.39 is 62.2 Å². The first-order valence-corrected chi connectivity index (χ1v) is 21.1. The van der Waals surface area contributed by atoms with Gasteiger partial charge in [-0.25, -0.2) is 0 Å². The minimum Gasteiger partial charge on any atom is -0.505 e. The van der Waals surface area contributed by atoms with Crippen molar-refractivity contribution in [1.82, 2.24) is 15.0 Å². The van der Waals surface area contributed by atoms with Crippen molar-refractivity contribution in [2.75, 3.05) is 28.6 Å². The maximum absolute atomic E-state index is 12.7. The lowest BCUT2D eigenvalue weighted by molar-refractivity contribution is 0.472. The molecule has 21 heteroatoms. The number of para-hydroxylation sites is 1. The lowest BCUT2D eigenvalue weighted by Gasteiger charge is -2.22. The van der Waals surface area contributed by atoms with E-state index in [0.29, 0.717) is 18.5 Å². The van der Waals surface area contributed by atoms with Gasteiger partial charge in [-0.3, -0.25) is 13.7 Å². The summed E-state index contributed by atoms with van der Waals surface area (Å²) in [6.45, 7) is 4.77. The molecule has 0 radical (unpaired) electrons. The highest BCUT2D eigenvalue weighted by atomic mass is 32.2. The Bertz CT molecular complexity index is 2840. The first-order valence-electron chi connectivity index (χ1n) is 16.8. The van der Waals surface area contributed by atoms with E-state index in [1.54, 1.807) is 17.0 Å². The monoisotopic (exact) mass is 822 g/mol. The van der Waals surface area contributed by atoms with Gasteiger partial charge in [0.05, 0.1) is 10.6 Å². The topological polar surface area (TPSA) is 274 Å². The van der Waals surface area contributed by atoms with Crippen molar-refractivity contribution >= 4 is 92.5 Å². The first-order chi connectivity index (χ1) is 26.5. The van der Waals surface area contributed by atoms with Crippen LogP contribution >= 0.6 is 0 Å². The molecule has 6 N–H and O–H groups in total. The number of phenolic OH excluding ortho intramolecular Hbond substituents is 1. The number of phenols is 1. The Morgan fingerprint density at radius 2 is 1.43 bits per heavy atom. The Kier molecular flexibility index (Phi) is 11.2.